The zero-order valence-corrected chi connectivity index (χ0v) is 11.3. The summed E-state index contributed by atoms with van der Waals surface area (Å²) < 4.78 is 1.43. The lowest BCUT2D eigenvalue weighted by Gasteiger charge is -1.95. The Labute approximate surface area is 97.3 Å². The predicted molar refractivity (Wildman–Crippen MR) is 71.8 cm³/mol. The fourth-order valence-electron chi connectivity index (χ4n) is 1.68. The summed E-state index contributed by atoms with van der Waals surface area (Å²) >= 11 is 1.96. The Morgan fingerprint density at radius 3 is 2.53 bits per heavy atom. The molecule has 0 amide bonds. The Morgan fingerprint density at radius 1 is 1.33 bits per heavy atom. The molecule has 1 aromatic heterocycles. The van der Waals surface area contributed by atoms with E-state index in [9.17, 15) is 0 Å². The van der Waals surface area contributed by atoms with Crippen LogP contribution in [0, 0.1) is 6.92 Å². The summed E-state index contributed by atoms with van der Waals surface area (Å²) in [4.78, 5) is 1.55. The van der Waals surface area contributed by atoms with E-state index in [2.05, 4.69) is 34.3 Å². The summed E-state index contributed by atoms with van der Waals surface area (Å²) in [6, 6.07) is 0. The second kappa shape index (κ2) is 5.50. The Morgan fingerprint density at radius 2 is 2.00 bits per heavy atom. The van der Waals surface area contributed by atoms with Gasteiger partial charge in [0.15, 0.2) is 0 Å². The van der Waals surface area contributed by atoms with Gasteiger partial charge in [0.2, 0.25) is 0 Å². The predicted octanol–water partition coefficient (Wildman–Crippen LogP) is 3.39. The van der Waals surface area contributed by atoms with Crippen LogP contribution in [0.1, 0.15) is 50.5 Å². The smallest absolute Gasteiger partial charge is 0.0331 e. The summed E-state index contributed by atoms with van der Waals surface area (Å²) in [5.41, 5.74) is 2.91. The lowest BCUT2D eigenvalue weighted by Crippen LogP contribution is -2.20. The van der Waals surface area contributed by atoms with Crippen molar-refractivity contribution in [1.82, 2.24) is 0 Å². The highest BCUT2D eigenvalue weighted by Gasteiger charge is 2.04. The molecule has 1 aromatic rings. The molecule has 0 saturated heterocycles. The minimum atomic E-state index is 1.13. The van der Waals surface area contributed by atoms with Gasteiger partial charge in [-0.1, -0.05) is 32.4 Å². The molecule has 0 atom stereocenters. The van der Waals surface area contributed by atoms with E-state index in [0.717, 1.165) is 6.42 Å². The molecule has 1 heterocycles. The van der Waals surface area contributed by atoms with Crippen LogP contribution in [0.3, 0.4) is 0 Å². The van der Waals surface area contributed by atoms with Crippen LogP contribution < -0.4 is 9.75 Å². The first-order chi connectivity index (χ1) is 7.11. The van der Waals surface area contributed by atoms with Gasteiger partial charge in [-0.25, -0.2) is 0 Å². The highest BCUT2D eigenvalue weighted by atomic mass is 32.1. The zero-order chi connectivity index (χ0) is 11.4. The maximum atomic E-state index is 4.21. The molecule has 0 aliphatic rings. The number of rotatable bonds is 4. The SMILES string of the molecule is C=c1c(C)c(CCCC)s/c1=C(\C)CC. The highest BCUT2D eigenvalue weighted by Crippen LogP contribution is 2.12. The number of unbranched alkanes of at least 4 members (excludes halogenated alkanes) is 1. The van der Waals surface area contributed by atoms with Gasteiger partial charge in [-0.2, -0.15) is 0 Å². The van der Waals surface area contributed by atoms with E-state index in [1.807, 2.05) is 11.3 Å². The summed E-state index contributed by atoms with van der Waals surface area (Å²) in [5, 5.41) is 1.27. The molecule has 0 fully saturated rings. The Kier molecular flexibility index (Phi) is 4.59. The van der Waals surface area contributed by atoms with Gasteiger partial charge in [0.05, 0.1) is 0 Å². The Bertz CT molecular complexity index is 423. The average molecular weight is 222 g/mol. The molecule has 0 N–H and O–H groups in total. The minimum absolute atomic E-state index is 1.13. The molecule has 0 nitrogen and oxygen atoms in total. The summed E-state index contributed by atoms with van der Waals surface area (Å²) in [6.45, 7) is 13.1. The third-order valence-corrected chi connectivity index (χ3v) is 4.60. The van der Waals surface area contributed by atoms with E-state index in [1.54, 1.807) is 4.88 Å². The lowest BCUT2D eigenvalue weighted by atomic mass is 10.1. The molecule has 0 aliphatic carbocycles. The van der Waals surface area contributed by atoms with Gasteiger partial charge in [0, 0.05) is 9.41 Å². The minimum Gasteiger partial charge on any atom is -0.140 e. The van der Waals surface area contributed by atoms with Gasteiger partial charge in [-0.3, -0.25) is 0 Å². The van der Waals surface area contributed by atoms with Crippen molar-refractivity contribution in [3.8, 4) is 0 Å². The van der Waals surface area contributed by atoms with Crippen LogP contribution in [-0.2, 0) is 6.42 Å². The summed E-state index contributed by atoms with van der Waals surface area (Å²) in [6.07, 6.45) is 4.93. The van der Waals surface area contributed by atoms with Crippen molar-refractivity contribution in [1.29, 1.82) is 0 Å². The van der Waals surface area contributed by atoms with Crippen LogP contribution in [-0.4, -0.2) is 0 Å². The van der Waals surface area contributed by atoms with Crippen LogP contribution >= 0.6 is 11.3 Å². The molecule has 0 radical (unpaired) electrons. The molecule has 0 bridgehead atoms. The van der Waals surface area contributed by atoms with Crippen molar-refractivity contribution in [3.05, 3.63) is 20.2 Å². The number of thiophene rings is 1. The topological polar surface area (TPSA) is 0 Å². The summed E-state index contributed by atoms with van der Waals surface area (Å²) in [7, 11) is 0. The van der Waals surface area contributed by atoms with Crippen molar-refractivity contribution in [2.45, 2.75) is 53.4 Å². The van der Waals surface area contributed by atoms with Crippen LogP contribution in [0.4, 0.5) is 0 Å². The van der Waals surface area contributed by atoms with E-state index < -0.39 is 0 Å². The number of hydrogen-bond donors (Lipinski definition) is 0. The third kappa shape index (κ3) is 2.72. The van der Waals surface area contributed by atoms with Crippen molar-refractivity contribution in [2.75, 3.05) is 0 Å². The first kappa shape index (κ1) is 12.5. The van der Waals surface area contributed by atoms with Crippen LogP contribution in [0.2, 0.25) is 0 Å². The molecule has 1 rings (SSSR count). The zero-order valence-electron chi connectivity index (χ0n) is 10.4. The van der Waals surface area contributed by atoms with Gasteiger partial charge < -0.3 is 0 Å². The highest BCUT2D eigenvalue weighted by molar-refractivity contribution is 7.10. The average Bonchev–Trinajstić information content (AvgIpc) is 2.53. The van der Waals surface area contributed by atoms with Crippen LogP contribution in [0.5, 0.6) is 0 Å². The van der Waals surface area contributed by atoms with Gasteiger partial charge in [0.1, 0.15) is 0 Å². The molecule has 0 saturated carbocycles. The monoisotopic (exact) mass is 222 g/mol. The maximum Gasteiger partial charge on any atom is 0.0331 e. The first-order valence-electron chi connectivity index (χ1n) is 5.88. The normalized spacial score (nSPS) is 13.1. The molecular formula is C14H22S. The molecule has 0 aliphatic heterocycles. The first-order valence-corrected chi connectivity index (χ1v) is 6.70. The molecule has 1 heteroatoms. The van der Waals surface area contributed by atoms with E-state index >= 15 is 0 Å². The van der Waals surface area contributed by atoms with Gasteiger partial charge in [-0.05, 0) is 43.9 Å². The maximum absolute atomic E-state index is 4.21. The van der Waals surface area contributed by atoms with E-state index in [-0.39, 0.29) is 0 Å². The quantitative estimate of drug-likeness (QED) is 0.732. The van der Waals surface area contributed by atoms with Gasteiger partial charge in [0.25, 0.3) is 0 Å². The lowest BCUT2D eigenvalue weighted by molar-refractivity contribution is 0.801. The van der Waals surface area contributed by atoms with Crippen molar-refractivity contribution in [2.24, 2.45) is 0 Å². The number of aryl methyl sites for hydroxylation is 1. The molecule has 84 valence electrons. The molecule has 15 heavy (non-hydrogen) atoms. The Hall–Kier alpha value is -0.560. The molecule has 0 aromatic carbocycles. The summed E-state index contributed by atoms with van der Waals surface area (Å²) in [5.74, 6) is 0. The molecule has 0 spiro atoms. The second-order valence-corrected chi connectivity index (χ2v) is 5.30. The van der Waals surface area contributed by atoms with E-state index in [4.69, 9.17) is 0 Å². The fourth-order valence-corrected chi connectivity index (χ4v) is 3.05. The van der Waals surface area contributed by atoms with Crippen molar-refractivity contribution in [3.63, 3.8) is 0 Å². The van der Waals surface area contributed by atoms with Crippen molar-refractivity contribution < 1.29 is 0 Å². The fraction of sp³-hybridized carbons (Fsp3) is 0.571. The standard InChI is InChI=1S/C14H22S/c1-6-8-9-13-11(4)12(5)14(15-13)10(3)7-2/h5-9H2,1-4H3/b14-10+. The third-order valence-electron chi connectivity index (χ3n) is 3.05. The van der Waals surface area contributed by atoms with Crippen LogP contribution in [0.15, 0.2) is 0 Å². The van der Waals surface area contributed by atoms with Crippen LogP contribution in [0.25, 0.3) is 12.2 Å². The second-order valence-electron chi connectivity index (χ2n) is 4.20. The number of hydrogen-bond acceptors (Lipinski definition) is 1. The largest absolute Gasteiger partial charge is 0.140 e. The van der Waals surface area contributed by atoms with Crippen molar-refractivity contribution >= 4 is 23.5 Å². The van der Waals surface area contributed by atoms with E-state index in [1.165, 1.54) is 40.2 Å². The van der Waals surface area contributed by atoms with E-state index in [0.29, 0.717) is 0 Å². The molecular weight excluding hydrogens is 200 g/mol. The Balaban J connectivity index is 3.19. The molecule has 0 unspecified atom stereocenters. The van der Waals surface area contributed by atoms with Gasteiger partial charge in [-0.15, -0.1) is 11.3 Å². The van der Waals surface area contributed by atoms with Gasteiger partial charge >= 0.3 is 0 Å².